The minimum atomic E-state index is 0.352. The molecule has 0 radical (unpaired) electrons. The molecule has 8 heavy (non-hydrogen) atoms. The third-order valence-electron chi connectivity index (χ3n) is 1.84. The summed E-state index contributed by atoms with van der Waals surface area (Å²) in [6, 6.07) is 0. The van der Waals surface area contributed by atoms with Gasteiger partial charge in [-0.25, -0.2) is 5.90 Å². The summed E-state index contributed by atoms with van der Waals surface area (Å²) in [4.78, 5) is 4.68. The van der Waals surface area contributed by atoms with Crippen LogP contribution in [0.15, 0.2) is 0 Å². The highest BCUT2D eigenvalue weighted by Gasteiger charge is 2.20. The molecule has 0 amide bonds. The number of nitrogens with two attached hydrogens (primary N) is 1. The highest BCUT2D eigenvalue weighted by atomic mass is 16.6. The maximum absolute atomic E-state index is 5.00. The third kappa shape index (κ3) is 1.20. The monoisotopic (exact) mass is 115 g/mol. The molecule has 0 bridgehead atoms. The van der Waals surface area contributed by atoms with Gasteiger partial charge in [0.15, 0.2) is 0 Å². The molecular weight excluding hydrogens is 102 g/mol. The van der Waals surface area contributed by atoms with Crippen LogP contribution in [0, 0.1) is 5.92 Å². The van der Waals surface area contributed by atoms with E-state index in [2.05, 4.69) is 11.8 Å². The molecule has 0 saturated heterocycles. The number of hydrogen-bond donors (Lipinski definition) is 1. The zero-order chi connectivity index (χ0) is 5.98. The molecule has 0 aliphatic heterocycles. The number of hydrogen-bond acceptors (Lipinski definition) is 2. The van der Waals surface area contributed by atoms with Gasteiger partial charge in [0.2, 0.25) is 0 Å². The molecule has 1 fully saturated rings. The van der Waals surface area contributed by atoms with E-state index >= 15 is 0 Å². The van der Waals surface area contributed by atoms with Crippen LogP contribution in [0.1, 0.15) is 26.2 Å². The minimum absolute atomic E-state index is 0.352. The van der Waals surface area contributed by atoms with Crippen molar-refractivity contribution in [2.24, 2.45) is 11.8 Å². The Bertz CT molecular complexity index is 74.9. The maximum atomic E-state index is 5.00. The summed E-state index contributed by atoms with van der Waals surface area (Å²) >= 11 is 0. The molecule has 2 N–H and O–H groups in total. The predicted octanol–water partition coefficient (Wildman–Crippen LogP) is 1.07. The van der Waals surface area contributed by atoms with E-state index in [1.807, 2.05) is 0 Å². The van der Waals surface area contributed by atoms with Crippen LogP contribution in [0.3, 0.4) is 0 Å². The molecule has 0 heterocycles. The lowest BCUT2D eigenvalue weighted by molar-refractivity contribution is 0.0564. The predicted molar refractivity (Wildman–Crippen MR) is 32.1 cm³/mol. The molecule has 2 atom stereocenters. The Morgan fingerprint density at radius 2 is 2.25 bits per heavy atom. The van der Waals surface area contributed by atoms with Gasteiger partial charge in [-0.2, -0.15) is 0 Å². The molecule has 48 valence electrons. The first-order chi connectivity index (χ1) is 3.83. The Morgan fingerprint density at radius 1 is 1.50 bits per heavy atom. The zero-order valence-electron chi connectivity index (χ0n) is 5.26. The Kier molecular flexibility index (Phi) is 1.86. The van der Waals surface area contributed by atoms with Crippen molar-refractivity contribution >= 4 is 0 Å². The first-order valence-corrected chi connectivity index (χ1v) is 3.18. The first-order valence-electron chi connectivity index (χ1n) is 3.18. The van der Waals surface area contributed by atoms with Gasteiger partial charge in [-0.15, -0.1) is 0 Å². The van der Waals surface area contributed by atoms with Crippen LogP contribution >= 0.6 is 0 Å². The molecule has 1 aliphatic carbocycles. The van der Waals surface area contributed by atoms with Crippen LogP contribution in [0.25, 0.3) is 0 Å². The average Bonchev–Trinajstić information content (AvgIpc) is 2.14. The Labute approximate surface area is 50.0 Å². The summed E-state index contributed by atoms with van der Waals surface area (Å²) in [6.07, 6.45) is 3.93. The lowest BCUT2D eigenvalue weighted by Gasteiger charge is -2.03. The van der Waals surface area contributed by atoms with Crippen LogP contribution in [-0.4, -0.2) is 6.10 Å². The summed E-state index contributed by atoms with van der Waals surface area (Å²) < 4.78 is 0. The van der Waals surface area contributed by atoms with Gasteiger partial charge in [0.05, 0.1) is 6.10 Å². The van der Waals surface area contributed by atoms with Gasteiger partial charge in [-0.3, -0.25) is 0 Å². The fourth-order valence-electron chi connectivity index (χ4n) is 1.28. The van der Waals surface area contributed by atoms with Crippen molar-refractivity contribution < 1.29 is 4.84 Å². The van der Waals surface area contributed by atoms with E-state index in [4.69, 9.17) is 5.90 Å². The lowest BCUT2D eigenvalue weighted by Crippen LogP contribution is -2.12. The molecule has 1 unspecified atom stereocenters. The molecule has 1 aliphatic rings. The normalized spacial score (nSPS) is 38.2. The van der Waals surface area contributed by atoms with Gasteiger partial charge in [0, 0.05) is 0 Å². The molecule has 1 rings (SSSR count). The summed E-state index contributed by atoms with van der Waals surface area (Å²) in [5.74, 6) is 5.82. The van der Waals surface area contributed by atoms with E-state index < -0.39 is 0 Å². The van der Waals surface area contributed by atoms with Gasteiger partial charge in [0.25, 0.3) is 0 Å². The average molecular weight is 115 g/mol. The first kappa shape index (κ1) is 6.05. The summed E-state index contributed by atoms with van der Waals surface area (Å²) in [7, 11) is 0. The quantitative estimate of drug-likeness (QED) is 0.519. The van der Waals surface area contributed by atoms with Crippen molar-refractivity contribution in [3.8, 4) is 0 Å². The van der Waals surface area contributed by atoms with Crippen LogP contribution in [0.5, 0.6) is 0 Å². The molecule has 0 aromatic heterocycles. The SMILES string of the molecule is CC1CC[C@@H](ON)C1. The zero-order valence-corrected chi connectivity index (χ0v) is 5.26. The van der Waals surface area contributed by atoms with Crippen molar-refractivity contribution in [3.63, 3.8) is 0 Å². The molecule has 2 heteroatoms. The van der Waals surface area contributed by atoms with Crippen molar-refractivity contribution in [2.75, 3.05) is 0 Å². The third-order valence-corrected chi connectivity index (χ3v) is 1.84. The summed E-state index contributed by atoms with van der Waals surface area (Å²) in [5.41, 5.74) is 0. The van der Waals surface area contributed by atoms with Gasteiger partial charge in [-0.05, 0) is 25.2 Å². The van der Waals surface area contributed by atoms with Gasteiger partial charge >= 0.3 is 0 Å². The Balaban J connectivity index is 2.22. The minimum Gasteiger partial charge on any atom is -0.301 e. The highest BCUT2D eigenvalue weighted by molar-refractivity contribution is 4.71. The van der Waals surface area contributed by atoms with E-state index in [0.29, 0.717) is 6.10 Å². The van der Waals surface area contributed by atoms with Gasteiger partial charge < -0.3 is 4.84 Å². The fourth-order valence-corrected chi connectivity index (χ4v) is 1.28. The van der Waals surface area contributed by atoms with Crippen LogP contribution in [0.2, 0.25) is 0 Å². The van der Waals surface area contributed by atoms with Gasteiger partial charge in [-0.1, -0.05) is 6.92 Å². The van der Waals surface area contributed by atoms with Crippen LogP contribution in [0.4, 0.5) is 0 Å². The second-order valence-corrected chi connectivity index (χ2v) is 2.68. The molecule has 0 aromatic rings. The van der Waals surface area contributed by atoms with E-state index in [1.54, 1.807) is 0 Å². The Hall–Kier alpha value is -0.0800. The molecule has 0 spiro atoms. The van der Waals surface area contributed by atoms with E-state index in [0.717, 1.165) is 18.8 Å². The highest BCUT2D eigenvalue weighted by Crippen LogP contribution is 2.25. The van der Waals surface area contributed by atoms with Crippen molar-refractivity contribution in [1.29, 1.82) is 0 Å². The fraction of sp³-hybridized carbons (Fsp3) is 1.00. The molecular formula is C6H13NO. The van der Waals surface area contributed by atoms with E-state index in [9.17, 15) is 0 Å². The van der Waals surface area contributed by atoms with E-state index in [-0.39, 0.29) is 0 Å². The standard InChI is InChI=1S/C6H13NO/c1-5-2-3-6(4-5)8-7/h5-6H,2-4,7H2,1H3/t5?,6-/m1/s1. The summed E-state index contributed by atoms with van der Waals surface area (Å²) in [6.45, 7) is 2.24. The largest absolute Gasteiger partial charge is 0.301 e. The van der Waals surface area contributed by atoms with Crippen molar-refractivity contribution in [1.82, 2.24) is 0 Å². The van der Waals surface area contributed by atoms with Gasteiger partial charge in [0.1, 0.15) is 0 Å². The maximum Gasteiger partial charge on any atom is 0.0790 e. The van der Waals surface area contributed by atoms with Crippen LogP contribution < -0.4 is 5.90 Å². The van der Waals surface area contributed by atoms with E-state index in [1.165, 1.54) is 6.42 Å². The lowest BCUT2D eigenvalue weighted by atomic mass is 10.1. The second kappa shape index (κ2) is 2.46. The Morgan fingerprint density at radius 3 is 2.50 bits per heavy atom. The molecule has 1 saturated carbocycles. The smallest absolute Gasteiger partial charge is 0.0790 e. The van der Waals surface area contributed by atoms with Crippen molar-refractivity contribution in [3.05, 3.63) is 0 Å². The van der Waals surface area contributed by atoms with Crippen LogP contribution in [-0.2, 0) is 4.84 Å². The van der Waals surface area contributed by atoms with Crippen molar-refractivity contribution in [2.45, 2.75) is 32.3 Å². The topological polar surface area (TPSA) is 35.2 Å². The number of rotatable bonds is 1. The molecule has 2 nitrogen and oxygen atoms in total. The second-order valence-electron chi connectivity index (χ2n) is 2.68. The molecule has 0 aromatic carbocycles. The summed E-state index contributed by atoms with van der Waals surface area (Å²) in [5, 5.41) is 0.